The summed E-state index contributed by atoms with van der Waals surface area (Å²) >= 11 is 0. The lowest BCUT2D eigenvalue weighted by molar-refractivity contribution is -0.159. The third kappa shape index (κ3) is 13.3. The van der Waals surface area contributed by atoms with Gasteiger partial charge in [0.15, 0.2) is 11.5 Å². The van der Waals surface area contributed by atoms with Gasteiger partial charge >= 0.3 is 18.0 Å². The first-order valence-corrected chi connectivity index (χ1v) is 34.4. The van der Waals surface area contributed by atoms with Crippen molar-refractivity contribution in [1.82, 2.24) is 29.8 Å². The van der Waals surface area contributed by atoms with Crippen LogP contribution in [0.3, 0.4) is 0 Å². The number of ether oxygens (including phenoxy) is 7. The predicted molar refractivity (Wildman–Crippen MR) is 338 cm³/mol. The molecular weight excluding hydrogens is 1260 g/mol. The standard InChI is InChI=1S/C43H54F2N4O9S.C26H30F2N2O6/c1-39(2,3)57-32(50)19-26-11-9-7-6-8-10-12-27-21-42(27,38(53)48-59(54,55)40(4)17-18-40)47-36(51)31-22-41(24-49(31)37(26)52)23-43(44,45)33-29-20-28(56-5)15-16-30(29)46-34(25-13-14-25)35(33)58-41;1-24(2,3)36-23(32)30-13-25(11-18(30)22(31)34-5)12-26(27,28)19-16-10-15(33-4)8-9-17(16)29-20(14-6-7-14)21(19)35-25/h10,12,15-16,20,25-27,31H,6-9,11,13-14,17-19,21-24H2,1-5H3,(H,47,51)(H,48,53);8-10,14,18H,6-7,11-13H2,1-5H3/b12-10-;/t26-,27?,31?,41+,42?;18-,25?/m10/s1. The Bertz CT molecular complexity index is 3960. The maximum atomic E-state index is 17.1. The van der Waals surface area contributed by atoms with E-state index < -0.39 is 134 Å². The Morgan fingerprint density at radius 2 is 1.27 bits per heavy atom. The second-order valence-electron chi connectivity index (χ2n) is 29.8. The first-order valence-electron chi connectivity index (χ1n) is 32.9. The normalized spacial score (nSPS) is 28.5. The number of rotatable bonds is 10. The molecule has 0 bridgehead atoms. The monoisotopic (exact) mass is 1340 g/mol. The second-order valence-corrected chi connectivity index (χ2v) is 32.0. The van der Waals surface area contributed by atoms with E-state index in [2.05, 4.69) is 10.0 Å². The van der Waals surface area contributed by atoms with Crippen molar-refractivity contribution in [2.75, 3.05) is 34.4 Å². The summed E-state index contributed by atoms with van der Waals surface area (Å²) in [6.45, 7) is 11.1. The number of carbonyl (C=O) groups is 6. The average Bonchev–Trinajstić information content (AvgIpc) is 1.63. The average molecular weight is 1350 g/mol. The Morgan fingerprint density at radius 1 is 0.726 bits per heavy atom. The molecule has 9 aliphatic rings. The molecule has 6 fully saturated rings. The maximum Gasteiger partial charge on any atom is 0.411 e. The van der Waals surface area contributed by atoms with Crippen molar-refractivity contribution >= 4 is 67.6 Å². The topological polar surface area (TPSA) is 257 Å². The number of carbonyl (C=O) groups excluding carboxylic acids is 6. The number of allylic oxidation sites excluding steroid dienone is 1. The highest BCUT2D eigenvalue weighted by Crippen LogP contribution is 2.60. The molecular formula is C69H84F4N6O15S. The van der Waals surface area contributed by atoms with E-state index in [4.69, 9.17) is 43.1 Å². The van der Waals surface area contributed by atoms with E-state index in [1.165, 1.54) is 32.3 Å². The summed E-state index contributed by atoms with van der Waals surface area (Å²) in [5, 5.41) is 3.27. The summed E-state index contributed by atoms with van der Waals surface area (Å²) in [5.41, 5.74) is -5.42. The van der Waals surface area contributed by atoms with Crippen LogP contribution in [0.25, 0.3) is 21.8 Å². The van der Waals surface area contributed by atoms with E-state index in [-0.39, 0.29) is 83.9 Å². The molecule has 2 N–H and O–H groups in total. The number of hydrogen-bond donors (Lipinski definition) is 2. The van der Waals surface area contributed by atoms with Gasteiger partial charge < -0.3 is 43.4 Å². The minimum absolute atomic E-state index is 0.0240. The lowest BCUT2D eigenvalue weighted by Gasteiger charge is -2.40. The predicted octanol–water partition coefficient (Wildman–Crippen LogP) is 11.0. The Balaban J connectivity index is 0.000000205. The van der Waals surface area contributed by atoms with Crippen molar-refractivity contribution in [1.29, 1.82) is 0 Å². The number of aromatic nitrogens is 2. The van der Waals surface area contributed by atoms with Crippen LogP contribution in [0, 0.1) is 11.8 Å². The number of likely N-dealkylation sites (tertiary alicyclic amines) is 1. The van der Waals surface area contributed by atoms with Crippen LogP contribution >= 0.6 is 0 Å². The van der Waals surface area contributed by atoms with Gasteiger partial charge in [0.1, 0.15) is 51.5 Å². The highest BCUT2D eigenvalue weighted by molar-refractivity contribution is 7.91. The number of amides is 4. The number of pyridine rings is 2. The third-order valence-corrected chi connectivity index (χ3v) is 21.9. The molecule has 21 nitrogen and oxygen atoms in total. The fraction of sp³-hybridized carbons (Fsp3) is 0.623. The van der Waals surface area contributed by atoms with Gasteiger partial charge in [-0.3, -0.25) is 28.8 Å². The second kappa shape index (κ2) is 23.9. The van der Waals surface area contributed by atoms with Crippen LogP contribution in [-0.4, -0.2) is 143 Å². The van der Waals surface area contributed by atoms with Crippen molar-refractivity contribution in [3.63, 3.8) is 0 Å². The van der Waals surface area contributed by atoms with Crippen molar-refractivity contribution < 1.29 is 87.9 Å². The highest BCUT2D eigenvalue weighted by atomic mass is 32.2. The number of alkyl halides is 4. The molecule has 7 heterocycles. The van der Waals surface area contributed by atoms with Crippen LogP contribution in [0.2, 0.25) is 0 Å². The van der Waals surface area contributed by atoms with Gasteiger partial charge in [-0.05, 0) is 149 Å². The van der Waals surface area contributed by atoms with Crippen molar-refractivity contribution in [3.8, 4) is 23.0 Å². The summed E-state index contributed by atoms with van der Waals surface area (Å²) in [7, 11) is 0.0342. The molecule has 4 amide bonds. The molecule has 2 saturated heterocycles. The van der Waals surface area contributed by atoms with Crippen molar-refractivity contribution in [2.45, 2.75) is 226 Å². The highest BCUT2D eigenvalue weighted by Gasteiger charge is 2.66. The molecule has 4 saturated carbocycles. The first-order chi connectivity index (χ1) is 44.5. The molecule has 2 aromatic carbocycles. The third-order valence-electron chi connectivity index (χ3n) is 19.8. The SMILES string of the molecule is COC(=O)[C@@H]1CC2(CN1C(=O)OC(C)(C)C)CC(F)(F)c1c(c(C3CC3)nc3ccc(OC)cc13)O2.COc1ccc2nc(C3CC3)c3c(c2c1)C(F)(F)C[C@]1(CC2C(=O)NC4(C(=O)NS(=O)(=O)C5(C)CC5)CC4/C=C\CCCCC[C@H](CC(=O)OC(C)(C)C)C(=O)N2C1)O3. The number of methoxy groups -OCH3 is 3. The molecule has 7 atom stereocenters. The van der Waals surface area contributed by atoms with E-state index >= 15 is 17.6 Å². The smallest absolute Gasteiger partial charge is 0.411 e. The number of benzene rings is 2. The quantitative estimate of drug-likeness (QED) is 0.0647. The van der Waals surface area contributed by atoms with Gasteiger partial charge in [0.05, 0.1) is 92.0 Å². The van der Waals surface area contributed by atoms with Gasteiger partial charge in [-0.15, -0.1) is 0 Å². The van der Waals surface area contributed by atoms with E-state index in [0.29, 0.717) is 66.0 Å². The van der Waals surface area contributed by atoms with Crippen LogP contribution in [-0.2, 0) is 60.1 Å². The maximum absolute atomic E-state index is 17.1. The molecule has 13 rings (SSSR count). The van der Waals surface area contributed by atoms with Gasteiger partial charge in [0.25, 0.3) is 17.8 Å². The van der Waals surface area contributed by atoms with Crippen LogP contribution < -0.4 is 29.0 Å². The van der Waals surface area contributed by atoms with E-state index in [0.717, 1.165) is 37.0 Å². The van der Waals surface area contributed by atoms with E-state index in [1.807, 2.05) is 12.2 Å². The van der Waals surface area contributed by atoms with Gasteiger partial charge in [0.2, 0.25) is 21.8 Å². The molecule has 95 heavy (non-hydrogen) atoms. The molecule has 4 unspecified atom stereocenters. The van der Waals surface area contributed by atoms with Crippen molar-refractivity contribution in [2.24, 2.45) is 11.8 Å². The fourth-order valence-electron chi connectivity index (χ4n) is 14.3. The Hall–Kier alpha value is -7.51. The summed E-state index contributed by atoms with van der Waals surface area (Å²) in [5.74, 6) is -11.2. The molecule has 5 aliphatic heterocycles. The van der Waals surface area contributed by atoms with Crippen LogP contribution in [0.1, 0.15) is 192 Å². The Labute approximate surface area is 549 Å². The van der Waals surface area contributed by atoms with Gasteiger partial charge in [-0.2, -0.15) is 0 Å². The number of nitrogens with zero attached hydrogens (tertiary/aromatic N) is 4. The largest absolute Gasteiger partial charge is 0.497 e. The number of hydrogen-bond acceptors (Lipinski definition) is 17. The summed E-state index contributed by atoms with van der Waals surface area (Å²) in [6, 6.07) is 7.22. The zero-order valence-electron chi connectivity index (χ0n) is 55.4. The number of esters is 2. The molecule has 514 valence electrons. The number of nitrogens with one attached hydrogen (secondary N) is 2. The van der Waals surface area contributed by atoms with Gasteiger partial charge in [-0.1, -0.05) is 25.0 Å². The summed E-state index contributed by atoms with van der Waals surface area (Å²) < 4.78 is 134. The summed E-state index contributed by atoms with van der Waals surface area (Å²) in [6.07, 6.45) is 7.54. The lowest BCUT2D eigenvalue weighted by Crippen LogP contribution is -2.57. The van der Waals surface area contributed by atoms with E-state index in [9.17, 15) is 37.2 Å². The van der Waals surface area contributed by atoms with Crippen molar-refractivity contribution in [3.05, 3.63) is 71.1 Å². The Kier molecular flexibility index (Phi) is 17.0. The summed E-state index contributed by atoms with van der Waals surface area (Å²) in [4.78, 5) is 94.4. The molecule has 4 aliphatic carbocycles. The van der Waals surface area contributed by atoms with Crippen LogP contribution in [0.4, 0.5) is 22.4 Å². The molecule has 26 heteroatoms. The molecule has 0 radical (unpaired) electrons. The molecule has 2 spiro atoms. The minimum atomic E-state index is -4.08. The number of fused-ring (bicyclic) bond motifs is 8. The van der Waals surface area contributed by atoms with Gasteiger partial charge in [0, 0.05) is 47.3 Å². The number of sulfonamides is 1. The zero-order chi connectivity index (χ0) is 68.4. The molecule has 2 aromatic heterocycles. The van der Waals surface area contributed by atoms with Crippen LogP contribution in [0.5, 0.6) is 23.0 Å². The van der Waals surface area contributed by atoms with Gasteiger partial charge in [-0.25, -0.2) is 45.5 Å². The number of halogens is 4. The van der Waals surface area contributed by atoms with E-state index in [1.54, 1.807) is 78.8 Å². The first kappa shape index (κ1) is 67.5. The lowest BCUT2D eigenvalue weighted by atomic mass is 9.84. The minimum Gasteiger partial charge on any atom is -0.497 e. The molecule has 4 aromatic rings. The van der Waals surface area contributed by atoms with Crippen LogP contribution in [0.15, 0.2) is 48.6 Å². The fourth-order valence-corrected chi connectivity index (χ4v) is 15.7. The Morgan fingerprint density at radius 3 is 1.78 bits per heavy atom. The zero-order valence-corrected chi connectivity index (χ0v) is 56.2.